The summed E-state index contributed by atoms with van der Waals surface area (Å²) in [6.07, 6.45) is 0. The highest BCUT2D eigenvalue weighted by atomic mass is 28.3. The van der Waals surface area contributed by atoms with Crippen LogP contribution in [0.1, 0.15) is 11.1 Å². The minimum atomic E-state index is -2.79. The van der Waals surface area contributed by atoms with E-state index in [0.29, 0.717) is 11.1 Å². The fraction of sp³-hybridized carbons (Fsp3) is 0.222. The first-order chi connectivity index (χ1) is 9.82. The van der Waals surface area contributed by atoms with Crippen LogP contribution in [0.4, 0.5) is 8.78 Å². The van der Waals surface area contributed by atoms with E-state index in [1.54, 1.807) is 24.3 Å². The molecule has 0 heterocycles. The van der Waals surface area contributed by atoms with Gasteiger partial charge in [0.05, 0.1) is 8.07 Å². The van der Waals surface area contributed by atoms with Crippen LogP contribution in [0.15, 0.2) is 54.6 Å². The van der Waals surface area contributed by atoms with Crippen molar-refractivity contribution in [1.82, 2.24) is 0 Å². The Bertz CT molecular complexity index is 692. The van der Waals surface area contributed by atoms with Gasteiger partial charge in [-0.1, -0.05) is 79.4 Å². The zero-order valence-electron chi connectivity index (χ0n) is 12.5. The molecule has 2 aromatic carbocycles. The van der Waals surface area contributed by atoms with Gasteiger partial charge in [-0.15, -0.1) is 0 Å². The van der Waals surface area contributed by atoms with E-state index in [4.69, 9.17) is 0 Å². The smallest absolute Gasteiger partial charge is 0.196 e. The molecule has 0 amide bonds. The molecule has 0 saturated heterocycles. The molecule has 0 saturated carbocycles. The topological polar surface area (TPSA) is 0 Å². The van der Waals surface area contributed by atoms with Gasteiger partial charge in [-0.2, -0.15) is 8.78 Å². The number of hydrogen-bond acceptors (Lipinski definition) is 0. The molecule has 0 atom stereocenters. The molecule has 0 fully saturated rings. The van der Waals surface area contributed by atoms with Gasteiger partial charge in [0.2, 0.25) is 0 Å². The molecule has 21 heavy (non-hydrogen) atoms. The second-order valence-corrected chi connectivity index (χ2v) is 11.6. The Balaban J connectivity index is 1.99. The molecular formula is C18H18F2Si. The van der Waals surface area contributed by atoms with Crippen molar-refractivity contribution in [2.75, 3.05) is 0 Å². The molecule has 0 nitrogen and oxygen atoms in total. The lowest BCUT2D eigenvalue weighted by Gasteiger charge is -2.16. The summed E-state index contributed by atoms with van der Waals surface area (Å²) in [6.45, 7) is 6.76. The molecule has 0 unspecified atom stereocenters. The Morgan fingerprint density at radius 2 is 1.19 bits per heavy atom. The molecule has 0 N–H and O–H groups in total. The molecule has 3 rings (SSSR count). The van der Waals surface area contributed by atoms with Crippen molar-refractivity contribution in [3.8, 4) is 0 Å². The van der Waals surface area contributed by atoms with Gasteiger partial charge in [-0.3, -0.25) is 0 Å². The zero-order valence-corrected chi connectivity index (χ0v) is 13.5. The fourth-order valence-corrected chi connectivity index (χ4v) is 3.80. The molecular weight excluding hydrogens is 282 g/mol. The van der Waals surface area contributed by atoms with Gasteiger partial charge >= 0.3 is 5.92 Å². The summed E-state index contributed by atoms with van der Waals surface area (Å²) in [6, 6.07) is 16.6. The lowest BCUT2D eigenvalue weighted by molar-refractivity contribution is 0.166. The van der Waals surface area contributed by atoms with E-state index < -0.39 is 14.0 Å². The highest BCUT2D eigenvalue weighted by molar-refractivity contribution is 6.88. The first-order valence-corrected chi connectivity index (χ1v) is 10.6. The van der Waals surface area contributed by atoms with Gasteiger partial charge < -0.3 is 0 Å². The van der Waals surface area contributed by atoms with Crippen molar-refractivity contribution in [1.29, 1.82) is 0 Å². The molecule has 1 aliphatic rings. The van der Waals surface area contributed by atoms with Crippen molar-refractivity contribution < 1.29 is 8.78 Å². The number of rotatable bonds is 3. The Kier molecular flexibility index (Phi) is 3.13. The maximum Gasteiger partial charge on any atom is 0.300 e. The summed E-state index contributed by atoms with van der Waals surface area (Å²) < 4.78 is 28.2. The SMILES string of the molecule is C[Si](C)(C)c1ccc(C2=C(c3ccccc3)C2(F)F)cc1. The van der Waals surface area contributed by atoms with Gasteiger partial charge in [0, 0.05) is 11.1 Å². The quantitative estimate of drug-likeness (QED) is 0.715. The Morgan fingerprint density at radius 1 is 0.714 bits per heavy atom. The standard InChI is InChI=1S/C18H18F2Si/c1-21(2,3)15-11-9-14(10-12-15)17-16(18(17,19)20)13-7-5-4-6-8-13/h4-12H,1-3H3. The van der Waals surface area contributed by atoms with Crippen molar-refractivity contribution in [2.45, 2.75) is 25.6 Å². The minimum absolute atomic E-state index is 0.170. The van der Waals surface area contributed by atoms with E-state index in [2.05, 4.69) is 19.6 Å². The van der Waals surface area contributed by atoms with Crippen LogP contribution in [0.3, 0.4) is 0 Å². The molecule has 0 bridgehead atoms. The van der Waals surface area contributed by atoms with Crippen LogP contribution in [0.2, 0.25) is 19.6 Å². The van der Waals surface area contributed by atoms with Gasteiger partial charge in [-0.05, 0) is 11.1 Å². The van der Waals surface area contributed by atoms with Gasteiger partial charge in [-0.25, -0.2) is 0 Å². The highest BCUT2D eigenvalue weighted by Gasteiger charge is 2.56. The molecule has 1 aliphatic carbocycles. The molecule has 0 radical (unpaired) electrons. The maximum absolute atomic E-state index is 14.1. The third-order valence-electron chi connectivity index (χ3n) is 3.92. The maximum atomic E-state index is 14.1. The summed E-state index contributed by atoms with van der Waals surface area (Å²) in [5.41, 5.74) is 1.60. The molecule has 3 heteroatoms. The molecule has 0 aliphatic heterocycles. The molecule has 0 spiro atoms. The Morgan fingerprint density at radius 3 is 1.67 bits per heavy atom. The lowest BCUT2D eigenvalue weighted by atomic mass is 10.1. The third kappa shape index (κ3) is 2.46. The van der Waals surface area contributed by atoms with Crippen molar-refractivity contribution >= 4 is 24.4 Å². The number of benzene rings is 2. The second-order valence-electron chi connectivity index (χ2n) is 6.52. The summed E-state index contributed by atoms with van der Waals surface area (Å²) in [7, 11) is -1.39. The summed E-state index contributed by atoms with van der Waals surface area (Å²) >= 11 is 0. The number of halogens is 2. The monoisotopic (exact) mass is 300 g/mol. The highest BCUT2D eigenvalue weighted by Crippen LogP contribution is 2.60. The molecule has 2 aromatic rings. The van der Waals surface area contributed by atoms with Crippen LogP contribution in [-0.2, 0) is 0 Å². The van der Waals surface area contributed by atoms with E-state index in [9.17, 15) is 8.78 Å². The predicted octanol–water partition coefficient (Wildman–Crippen LogP) is 4.79. The van der Waals surface area contributed by atoms with E-state index in [-0.39, 0.29) is 11.1 Å². The van der Waals surface area contributed by atoms with Crippen LogP contribution in [-0.4, -0.2) is 14.0 Å². The fourth-order valence-electron chi connectivity index (χ4n) is 2.63. The van der Waals surface area contributed by atoms with Crippen molar-refractivity contribution in [2.24, 2.45) is 0 Å². The van der Waals surface area contributed by atoms with E-state index in [0.717, 1.165) is 0 Å². The van der Waals surface area contributed by atoms with Gasteiger partial charge in [0.15, 0.2) is 0 Å². The van der Waals surface area contributed by atoms with Gasteiger partial charge in [0.1, 0.15) is 0 Å². The van der Waals surface area contributed by atoms with Crippen LogP contribution < -0.4 is 5.19 Å². The molecule has 108 valence electrons. The van der Waals surface area contributed by atoms with Gasteiger partial charge in [0.25, 0.3) is 0 Å². The second kappa shape index (κ2) is 4.63. The van der Waals surface area contributed by atoms with E-state index in [1.807, 2.05) is 30.3 Å². The Labute approximate surface area is 125 Å². The minimum Gasteiger partial charge on any atom is -0.196 e. The van der Waals surface area contributed by atoms with Crippen LogP contribution in [0, 0.1) is 0 Å². The zero-order chi connectivity index (χ0) is 15.3. The van der Waals surface area contributed by atoms with E-state index in [1.165, 1.54) is 5.19 Å². The normalized spacial score (nSPS) is 17.0. The first-order valence-electron chi connectivity index (χ1n) is 7.11. The third-order valence-corrected chi connectivity index (χ3v) is 5.98. The summed E-state index contributed by atoms with van der Waals surface area (Å²) in [5, 5.41) is 1.29. The van der Waals surface area contributed by atoms with Crippen molar-refractivity contribution in [3.63, 3.8) is 0 Å². The molecule has 0 aromatic heterocycles. The average molecular weight is 300 g/mol. The number of allylic oxidation sites excluding steroid dienone is 2. The van der Waals surface area contributed by atoms with Crippen LogP contribution >= 0.6 is 0 Å². The lowest BCUT2D eigenvalue weighted by Crippen LogP contribution is -2.37. The first kappa shape index (κ1) is 14.2. The van der Waals surface area contributed by atoms with Crippen LogP contribution in [0.5, 0.6) is 0 Å². The summed E-state index contributed by atoms with van der Waals surface area (Å²) in [5.74, 6) is -2.79. The predicted molar refractivity (Wildman–Crippen MR) is 87.6 cm³/mol. The number of alkyl halides is 2. The van der Waals surface area contributed by atoms with Crippen molar-refractivity contribution in [3.05, 3.63) is 65.7 Å². The summed E-state index contributed by atoms with van der Waals surface area (Å²) in [4.78, 5) is 0. The Hall–Kier alpha value is -1.74. The average Bonchev–Trinajstić information content (AvgIpc) is 3.02. The van der Waals surface area contributed by atoms with Crippen LogP contribution in [0.25, 0.3) is 11.1 Å². The van der Waals surface area contributed by atoms with E-state index >= 15 is 0 Å². The number of hydrogen-bond donors (Lipinski definition) is 0. The largest absolute Gasteiger partial charge is 0.300 e.